The molecule has 0 bridgehead atoms. The Morgan fingerprint density at radius 3 is 2.25 bits per heavy atom. The molecular weight excluding hydrogens is 435 g/mol. The number of nitrogens with zero attached hydrogens (tertiary/aromatic N) is 2. The highest BCUT2D eigenvalue weighted by Crippen LogP contribution is 2.33. The van der Waals surface area contributed by atoms with E-state index in [0.717, 1.165) is 29.8 Å². The summed E-state index contributed by atoms with van der Waals surface area (Å²) in [4.78, 5) is 11.2. The minimum atomic E-state index is -4.57. The Kier molecular flexibility index (Phi) is 5.88. The first kappa shape index (κ1) is 20.1. The smallest absolute Gasteiger partial charge is 0.366 e. The standard InChI is InChI=1S/C20H17BrF3N3O/c21-11-1-2-13-3-5-14(6-4-13)17-12-18(20(22,23)24)26-27(17)16-9-7-15(8-10-16)19(25)28/h3-10,12H,1-2,11H2,(H2,25,28). The number of primary amides is 1. The molecule has 0 radical (unpaired) electrons. The third kappa shape index (κ3) is 4.44. The normalized spacial score (nSPS) is 11.6. The Morgan fingerprint density at radius 2 is 1.71 bits per heavy atom. The van der Waals surface area contributed by atoms with Gasteiger partial charge in [-0.1, -0.05) is 40.2 Å². The Balaban J connectivity index is 2.04. The Bertz CT molecular complexity index is 964. The highest BCUT2D eigenvalue weighted by atomic mass is 79.9. The molecule has 0 atom stereocenters. The molecule has 0 aliphatic carbocycles. The van der Waals surface area contributed by atoms with E-state index >= 15 is 0 Å². The van der Waals surface area contributed by atoms with Gasteiger partial charge < -0.3 is 5.73 Å². The predicted octanol–water partition coefficient (Wildman–Crippen LogP) is 4.98. The van der Waals surface area contributed by atoms with Gasteiger partial charge in [0.25, 0.3) is 0 Å². The summed E-state index contributed by atoms with van der Waals surface area (Å²) in [6.45, 7) is 0. The van der Waals surface area contributed by atoms with Crippen molar-refractivity contribution in [3.8, 4) is 16.9 Å². The minimum Gasteiger partial charge on any atom is -0.366 e. The van der Waals surface area contributed by atoms with Gasteiger partial charge in [-0.15, -0.1) is 0 Å². The van der Waals surface area contributed by atoms with Gasteiger partial charge in [-0.05, 0) is 48.7 Å². The molecule has 28 heavy (non-hydrogen) atoms. The maximum absolute atomic E-state index is 13.2. The van der Waals surface area contributed by atoms with Gasteiger partial charge in [-0.2, -0.15) is 18.3 Å². The summed E-state index contributed by atoms with van der Waals surface area (Å²) in [5.74, 6) is -0.609. The predicted molar refractivity (Wildman–Crippen MR) is 105 cm³/mol. The van der Waals surface area contributed by atoms with Gasteiger partial charge in [-0.3, -0.25) is 4.79 Å². The highest BCUT2D eigenvalue weighted by molar-refractivity contribution is 9.09. The van der Waals surface area contributed by atoms with Crippen LogP contribution in [0.3, 0.4) is 0 Å². The number of benzene rings is 2. The summed E-state index contributed by atoms with van der Waals surface area (Å²) in [6, 6.07) is 14.3. The lowest BCUT2D eigenvalue weighted by Crippen LogP contribution is -2.11. The number of alkyl halides is 4. The fourth-order valence-electron chi connectivity index (χ4n) is 2.80. The molecule has 1 amide bonds. The van der Waals surface area contributed by atoms with Gasteiger partial charge in [0.05, 0.1) is 11.4 Å². The van der Waals surface area contributed by atoms with Crippen molar-refractivity contribution < 1.29 is 18.0 Å². The number of rotatable bonds is 6. The number of nitrogens with two attached hydrogens (primary N) is 1. The van der Waals surface area contributed by atoms with Crippen LogP contribution in [0.15, 0.2) is 54.6 Å². The highest BCUT2D eigenvalue weighted by Gasteiger charge is 2.35. The van der Waals surface area contributed by atoms with Crippen LogP contribution in [0, 0.1) is 0 Å². The zero-order chi connectivity index (χ0) is 20.3. The summed E-state index contributed by atoms with van der Waals surface area (Å²) >= 11 is 3.38. The van der Waals surface area contributed by atoms with E-state index in [1.54, 1.807) is 12.1 Å². The monoisotopic (exact) mass is 451 g/mol. The van der Waals surface area contributed by atoms with Crippen molar-refractivity contribution >= 4 is 21.8 Å². The van der Waals surface area contributed by atoms with E-state index < -0.39 is 17.8 Å². The third-order valence-electron chi connectivity index (χ3n) is 4.24. The quantitative estimate of drug-likeness (QED) is 0.536. The minimum absolute atomic E-state index is 0.268. The van der Waals surface area contributed by atoms with Crippen molar-refractivity contribution in [3.05, 3.63) is 71.4 Å². The molecular formula is C20H17BrF3N3O. The molecule has 3 rings (SSSR count). The molecule has 0 fully saturated rings. The molecule has 4 nitrogen and oxygen atoms in total. The van der Waals surface area contributed by atoms with Crippen molar-refractivity contribution in [2.45, 2.75) is 19.0 Å². The molecule has 2 aromatic carbocycles. The SMILES string of the molecule is NC(=O)c1ccc(-n2nc(C(F)(F)F)cc2-c2ccc(CCCBr)cc2)cc1. The van der Waals surface area contributed by atoms with Crippen LogP contribution in [0.25, 0.3) is 16.9 Å². The van der Waals surface area contributed by atoms with Crippen molar-refractivity contribution in [3.63, 3.8) is 0 Å². The van der Waals surface area contributed by atoms with Crippen LogP contribution in [-0.2, 0) is 12.6 Å². The van der Waals surface area contributed by atoms with Crippen LogP contribution in [0.2, 0.25) is 0 Å². The zero-order valence-corrected chi connectivity index (χ0v) is 16.3. The number of hydrogen-bond acceptors (Lipinski definition) is 2. The van der Waals surface area contributed by atoms with Gasteiger partial charge in [0, 0.05) is 16.5 Å². The van der Waals surface area contributed by atoms with Gasteiger partial charge in [0.15, 0.2) is 5.69 Å². The molecule has 0 spiro atoms. The van der Waals surface area contributed by atoms with E-state index in [-0.39, 0.29) is 5.56 Å². The van der Waals surface area contributed by atoms with E-state index in [9.17, 15) is 18.0 Å². The number of carbonyl (C=O) groups is 1. The number of amides is 1. The first-order chi connectivity index (χ1) is 13.3. The summed E-state index contributed by atoms with van der Waals surface area (Å²) in [5.41, 5.74) is 6.94. The Morgan fingerprint density at radius 1 is 1.07 bits per heavy atom. The maximum atomic E-state index is 13.2. The first-order valence-electron chi connectivity index (χ1n) is 8.52. The number of carbonyl (C=O) groups excluding carboxylic acids is 1. The van der Waals surface area contributed by atoms with Gasteiger partial charge in [0.2, 0.25) is 5.91 Å². The second kappa shape index (κ2) is 8.18. The summed E-state index contributed by atoms with van der Waals surface area (Å²) in [6.07, 6.45) is -2.71. The molecule has 8 heteroatoms. The second-order valence-corrected chi connectivity index (χ2v) is 7.02. The van der Waals surface area contributed by atoms with Crippen molar-refractivity contribution in [2.75, 3.05) is 5.33 Å². The van der Waals surface area contributed by atoms with Gasteiger partial charge in [0.1, 0.15) is 0 Å². The summed E-state index contributed by atoms with van der Waals surface area (Å²) < 4.78 is 41.0. The van der Waals surface area contributed by atoms with Crippen molar-refractivity contribution in [1.82, 2.24) is 9.78 Å². The number of hydrogen-bond donors (Lipinski definition) is 1. The first-order valence-corrected chi connectivity index (χ1v) is 9.64. The molecule has 0 unspecified atom stereocenters. The lowest BCUT2D eigenvalue weighted by molar-refractivity contribution is -0.141. The van der Waals surface area contributed by atoms with Crippen LogP contribution in [0.1, 0.15) is 28.0 Å². The lowest BCUT2D eigenvalue weighted by atomic mass is 10.1. The fraction of sp³-hybridized carbons (Fsp3) is 0.200. The van der Waals surface area contributed by atoms with Crippen molar-refractivity contribution in [1.29, 1.82) is 0 Å². The van der Waals surface area contributed by atoms with Crippen LogP contribution in [0.5, 0.6) is 0 Å². The van der Waals surface area contributed by atoms with E-state index in [4.69, 9.17) is 5.73 Å². The van der Waals surface area contributed by atoms with E-state index in [1.807, 2.05) is 12.1 Å². The number of aromatic nitrogens is 2. The molecule has 1 heterocycles. The molecule has 0 aliphatic rings. The molecule has 0 aliphatic heterocycles. The average Bonchev–Trinajstić information content (AvgIpc) is 3.13. The average molecular weight is 452 g/mol. The van der Waals surface area contributed by atoms with Crippen LogP contribution >= 0.6 is 15.9 Å². The molecule has 0 saturated heterocycles. The van der Waals surface area contributed by atoms with Crippen LogP contribution in [0.4, 0.5) is 13.2 Å². The van der Waals surface area contributed by atoms with Crippen LogP contribution < -0.4 is 5.73 Å². The van der Waals surface area contributed by atoms with Crippen LogP contribution in [-0.4, -0.2) is 21.0 Å². The van der Waals surface area contributed by atoms with E-state index in [2.05, 4.69) is 21.0 Å². The molecule has 3 aromatic rings. The second-order valence-electron chi connectivity index (χ2n) is 6.22. The van der Waals surface area contributed by atoms with E-state index in [0.29, 0.717) is 16.9 Å². The van der Waals surface area contributed by atoms with Gasteiger partial charge in [-0.25, -0.2) is 4.68 Å². The summed E-state index contributed by atoms with van der Waals surface area (Å²) in [7, 11) is 0. The Labute approximate surface area is 168 Å². The molecule has 1 aromatic heterocycles. The zero-order valence-electron chi connectivity index (χ0n) is 14.7. The fourth-order valence-corrected chi connectivity index (χ4v) is 3.08. The number of halogens is 4. The molecule has 2 N–H and O–H groups in total. The topological polar surface area (TPSA) is 60.9 Å². The largest absolute Gasteiger partial charge is 0.435 e. The van der Waals surface area contributed by atoms with Crippen molar-refractivity contribution in [2.24, 2.45) is 5.73 Å². The maximum Gasteiger partial charge on any atom is 0.435 e. The summed E-state index contributed by atoms with van der Waals surface area (Å²) in [5, 5.41) is 4.63. The lowest BCUT2D eigenvalue weighted by Gasteiger charge is -2.09. The molecule has 146 valence electrons. The van der Waals surface area contributed by atoms with E-state index in [1.165, 1.54) is 28.9 Å². The number of aryl methyl sites for hydroxylation is 1. The van der Waals surface area contributed by atoms with Gasteiger partial charge >= 0.3 is 6.18 Å². The Hall–Kier alpha value is -2.61. The molecule has 0 saturated carbocycles. The third-order valence-corrected chi connectivity index (χ3v) is 4.81.